The van der Waals surface area contributed by atoms with E-state index in [1.807, 2.05) is 6.92 Å². The van der Waals surface area contributed by atoms with Crippen LogP contribution in [0.25, 0.3) is 0 Å². The number of hydrogen-bond donors (Lipinski definition) is 0. The predicted molar refractivity (Wildman–Crippen MR) is 116 cm³/mol. The minimum Gasteiger partial charge on any atom is -0.497 e. The first-order valence-electron chi connectivity index (χ1n) is 10.2. The van der Waals surface area contributed by atoms with Gasteiger partial charge < -0.3 is 19.1 Å². The zero-order valence-corrected chi connectivity index (χ0v) is 18.6. The van der Waals surface area contributed by atoms with E-state index in [2.05, 4.69) is 0 Å². The van der Waals surface area contributed by atoms with Crippen LogP contribution in [0.15, 0.2) is 53.4 Å². The Kier molecular flexibility index (Phi) is 7.89. The number of rotatable bonds is 9. The molecule has 8 nitrogen and oxygen atoms in total. The molecule has 2 aromatic carbocycles. The molecule has 0 aromatic heterocycles. The Morgan fingerprint density at radius 1 is 0.903 bits per heavy atom. The van der Waals surface area contributed by atoms with Crippen molar-refractivity contribution in [2.24, 2.45) is 0 Å². The van der Waals surface area contributed by atoms with Crippen LogP contribution < -0.4 is 9.47 Å². The number of nitrogens with zero attached hydrogens (tertiary/aromatic N) is 2. The molecule has 9 heteroatoms. The van der Waals surface area contributed by atoms with E-state index in [-0.39, 0.29) is 23.9 Å². The van der Waals surface area contributed by atoms with Gasteiger partial charge in [-0.3, -0.25) is 4.79 Å². The summed E-state index contributed by atoms with van der Waals surface area (Å²) in [7, 11) is -2.06. The number of sulfonamides is 1. The smallest absolute Gasteiger partial charge is 0.253 e. The normalized spacial score (nSPS) is 15.0. The Morgan fingerprint density at radius 3 is 2.10 bits per heavy atom. The number of hydrogen-bond acceptors (Lipinski definition) is 6. The molecule has 0 saturated carbocycles. The second-order valence-corrected chi connectivity index (χ2v) is 8.88. The van der Waals surface area contributed by atoms with Crippen LogP contribution >= 0.6 is 0 Å². The van der Waals surface area contributed by atoms with Crippen LogP contribution in [0.2, 0.25) is 0 Å². The summed E-state index contributed by atoms with van der Waals surface area (Å²) in [5, 5.41) is 0. The second kappa shape index (κ2) is 10.6. The van der Waals surface area contributed by atoms with Crippen LogP contribution in [0.1, 0.15) is 17.3 Å². The number of carbonyl (C=O) groups excluding carboxylic acids is 1. The Morgan fingerprint density at radius 2 is 1.52 bits per heavy atom. The van der Waals surface area contributed by atoms with Crippen molar-refractivity contribution in [2.45, 2.75) is 11.8 Å². The first-order chi connectivity index (χ1) is 15.0. The van der Waals surface area contributed by atoms with Gasteiger partial charge in [-0.15, -0.1) is 0 Å². The van der Waals surface area contributed by atoms with Gasteiger partial charge in [0.05, 0.1) is 18.6 Å². The van der Waals surface area contributed by atoms with Crippen molar-refractivity contribution in [2.75, 3.05) is 53.1 Å². The number of carbonyl (C=O) groups is 1. The molecular formula is C22H28N2O6S. The summed E-state index contributed by atoms with van der Waals surface area (Å²) in [6.45, 7) is 4.59. The van der Waals surface area contributed by atoms with E-state index in [0.29, 0.717) is 50.0 Å². The third-order valence-corrected chi connectivity index (χ3v) is 6.94. The second-order valence-electron chi connectivity index (χ2n) is 6.94. The van der Waals surface area contributed by atoms with E-state index in [1.165, 1.54) is 4.31 Å². The van der Waals surface area contributed by atoms with Gasteiger partial charge in [-0.05, 0) is 55.5 Å². The Bertz CT molecular complexity index is 953. The van der Waals surface area contributed by atoms with Crippen molar-refractivity contribution in [1.29, 1.82) is 0 Å². The third-order valence-electron chi connectivity index (χ3n) is 5.02. The maximum Gasteiger partial charge on any atom is 0.253 e. The maximum atomic E-state index is 13.0. The van der Waals surface area contributed by atoms with E-state index < -0.39 is 10.0 Å². The molecule has 0 atom stereocenters. The molecular weight excluding hydrogens is 420 g/mol. The van der Waals surface area contributed by atoms with Crippen LogP contribution in [-0.4, -0.2) is 76.6 Å². The number of piperazine rings is 1. The number of methoxy groups -OCH3 is 1. The lowest BCUT2D eigenvalue weighted by atomic mass is 10.2. The fraction of sp³-hybridized carbons (Fsp3) is 0.409. The van der Waals surface area contributed by atoms with Gasteiger partial charge in [0.15, 0.2) is 0 Å². The molecule has 1 heterocycles. The van der Waals surface area contributed by atoms with E-state index in [4.69, 9.17) is 14.2 Å². The van der Waals surface area contributed by atoms with Gasteiger partial charge in [0.2, 0.25) is 10.0 Å². The number of amides is 1. The Labute approximate surface area is 183 Å². The first-order valence-corrected chi connectivity index (χ1v) is 11.6. The lowest BCUT2D eigenvalue weighted by molar-refractivity contribution is 0.0698. The molecule has 1 saturated heterocycles. The molecule has 1 amide bonds. The molecule has 0 aliphatic carbocycles. The van der Waals surface area contributed by atoms with Crippen molar-refractivity contribution in [1.82, 2.24) is 9.21 Å². The minimum atomic E-state index is -3.63. The average Bonchev–Trinajstić information content (AvgIpc) is 2.82. The third kappa shape index (κ3) is 5.75. The van der Waals surface area contributed by atoms with Gasteiger partial charge in [-0.25, -0.2) is 8.42 Å². The highest BCUT2D eigenvalue weighted by atomic mass is 32.2. The van der Waals surface area contributed by atoms with Gasteiger partial charge in [0.1, 0.15) is 18.1 Å². The van der Waals surface area contributed by atoms with E-state index in [9.17, 15) is 13.2 Å². The molecule has 2 aromatic rings. The van der Waals surface area contributed by atoms with Crippen LogP contribution in [0.4, 0.5) is 0 Å². The summed E-state index contributed by atoms with van der Waals surface area (Å²) in [4.78, 5) is 14.6. The Balaban J connectivity index is 1.57. The topological polar surface area (TPSA) is 85.4 Å². The SMILES string of the molecule is CCOCCOc1ccc(S(=O)(=O)N2CCN(C(=O)c3ccc(OC)cc3)CC2)cc1. The molecule has 1 fully saturated rings. The highest BCUT2D eigenvalue weighted by Crippen LogP contribution is 2.22. The van der Waals surface area contributed by atoms with Gasteiger partial charge >= 0.3 is 0 Å². The molecule has 1 aliphatic rings. The molecule has 0 spiro atoms. The zero-order valence-electron chi connectivity index (χ0n) is 17.8. The van der Waals surface area contributed by atoms with E-state index in [1.54, 1.807) is 60.5 Å². The number of ether oxygens (including phenoxy) is 3. The summed E-state index contributed by atoms with van der Waals surface area (Å²) in [5.41, 5.74) is 0.553. The standard InChI is InChI=1S/C22H28N2O6S/c1-3-29-16-17-30-20-8-10-21(11-9-20)31(26,27)24-14-12-23(13-15-24)22(25)18-4-6-19(28-2)7-5-18/h4-11H,3,12-17H2,1-2H3. The van der Waals surface area contributed by atoms with Crippen LogP contribution in [0.5, 0.6) is 11.5 Å². The van der Waals surface area contributed by atoms with Crippen LogP contribution in [0, 0.1) is 0 Å². The Hall–Kier alpha value is -2.62. The molecule has 3 rings (SSSR count). The lowest BCUT2D eigenvalue weighted by Crippen LogP contribution is -2.50. The van der Waals surface area contributed by atoms with Gasteiger partial charge in [0, 0.05) is 38.3 Å². The summed E-state index contributed by atoms with van der Waals surface area (Å²) < 4.78 is 43.2. The summed E-state index contributed by atoms with van der Waals surface area (Å²) >= 11 is 0. The van der Waals surface area contributed by atoms with Gasteiger partial charge in [0.25, 0.3) is 5.91 Å². The monoisotopic (exact) mass is 448 g/mol. The average molecular weight is 449 g/mol. The predicted octanol–water partition coefficient (Wildman–Crippen LogP) is 2.26. The molecule has 1 aliphatic heterocycles. The molecule has 0 radical (unpaired) electrons. The lowest BCUT2D eigenvalue weighted by Gasteiger charge is -2.34. The van der Waals surface area contributed by atoms with Crippen molar-refractivity contribution in [3.63, 3.8) is 0 Å². The molecule has 0 unspecified atom stereocenters. The highest BCUT2D eigenvalue weighted by molar-refractivity contribution is 7.89. The van der Waals surface area contributed by atoms with E-state index >= 15 is 0 Å². The highest BCUT2D eigenvalue weighted by Gasteiger charge is 2.30. The van der Waals surface area contributed by atoms with Crippen molar-refractivity contribution < 1.29 is 27.4 Å². The van der Waals surface area contributed by atoms with Gasteiger partial charge in [-0.1, -0.05) is 0 Å². The quantitative estimate of drug-likeness (QED) is 0.547. The number of benzene rings is 2. The fourth-order valence-electron chi connectivity index (χ4n) is 3.27. The summed E-state index contributed by atoms with van der Waals surface area (Å²) in [6, 6.07) is 13.3. The summed E-state index contributed by atoms with van der Waals surface area (Å²) in [5.74, 6) is 1.15. The van der Waals surface area contributed by atoms with Gasteiger partial charge in [-0.2, -0.15) is 4.31 Å². The van der Waals surface area contributed by atoms with Crippen LogP contribution in [0.3, 0.4) is 0 Å². The van der Waals surface area contributed by atoms with Crippen molar-refractivity contribution >= 4 is 15.9 Å². The molecule has 168 valence electrons. The molecule has 0 N–H and O–H groups in total. The summed E-state index contributed by atoms with van der Waals surface area (Å²) in [6.07, 6.45) is 0. The van der Waals surface area contributed by atoms with Crippen LogP contribution in [-0.2, 0) is 14.8 Å². The molecule has 0 bridgehead atoms. The van der Waals surface area contributed by atoms with Crippen molar-refractivity contribution in [3.8, 4) is 11.5 Å². The largest absolute Gasteiger partial charge is 0.497 e. The van der Waals surface area contributed by atoms with E-state index in [0.717, 1.165) is 0 Å². The first kappa shape index (κ1) is 23.1. The fourth-order valence-corrected chi connectivity index (χ4v) is 4.69. The van der Waals surface area contributed by atoms with Crippen molar-refractivity contribution in [3.05, 3.63) is 54.1 Å². The molecule has 31 heavy (non-hydrogen) atoms. The maximum absolute atomic E-state index is 13.0. The zero-order chi connectivity index (χ0) is 22.3. The minimum absolute atomic E-state index is 0.117.